The lowest BCUT2D eigenvalue weighted by atomic mass is 9.81. The average Bonchev–Trinajstić information content (AvgIpc) is 3.27. The second-order valence-electron chi connectivity index (χ2n) is 18.9. The molecule has 0 aromatic heterocycles. The fourth-order valence-electron chi connectivity index (χ4n) is 9.86. The summed E-state index contributed by atoms with van der Waals surface area (Å²) in [5, 5.41) is 26.5. The molecule has 3 fully saturated rings. The number of azide groups is 1. The number of methoxy groups -OCH3 is 1. The molecule has 1 saturated carbocycles. The normalized spacial score (nSPS) is 36.9. The van der Waals surface area contributed by atoms with E-state index in [-0.39, 0.29) is 43.2 Å². The van der Waals surface area contributed by atoms with Crippen LogP contribution in [-0.4, -0.2) is 120 Å². The van der Waals surface area contributed by atoms with E-state index in [4.69, 9.17) is 30.4 Å². The van der Waals surface area contributed by atoms with Gasteiger partial charge in [0.15, 0.2) is 5.78 Å². The van der Waals surface area contributed by atoms with Gasteiger partial charge in [-0.25, -0.2) is 4.79 Å². The molecule has 6 N–H and O–H groups in total. The number of ether oxygens (including phenoxy) is 4. The molecule has 1 aliphatic carbocycles. The first kappa shape index (κ1) is 52.7. The number of hydrogen-bond acceptors (Lipinski definition) is 12. The molecule has 3 aliphatic heterocycles. The summed E-state index contributed by atoms with van der Waals surface area (Å²) in [7, 11) is 1.64. The van der Waals surface area contributed by atoms with Crippen molar-refractivity contribution < 1.29 is 48.3 Å². The first-order valence-electron chi connectivity index (χ1n) is 23.5. The summed E-state index contributed by atoms with van der Waals surface area (Å²) >= 11 is 0. The minimum Gasteiger partial charge on any atom is -0.446 e. The second kappa shape index (κ2) is 26.3. The van der Waals surface area contributed by atoms with Gasteiger partial charge >= 0.3 is 6.09 Å². The first-order valence-corrected chi connectivity index (χ1v) is 23.5. The highest BCUT2D eigenvalue weighted by Crippen LogP contribution is 2.33. The SMILES string of the molecule is CO[C@H]1C[C@@H]2CCCC(O2)C(=O)C(=O)N2CCCC[C@H]2CO[C@H]([C@H](N)CC2CCC(OC(N)=O)CC2)CC(N=[N+]=[N-])C(C)/C=C(\C)[C@@H](O)[C@@H](O)C(=O)[C@H](C)C[C@H](C)/C=C/C=CC=C1C. The summed E-state index contributed by atoms with van der Waals surface area (Å²) in [6.07, 6.45) is 13.9. The van der Waals surface area contributed by atoms with E-state index in [1.807, 2.05) is 51.2 Å². The number of ketones is 2. The maximum Gasteiger partial charge on any atom is 0.404 e. The number of allylic oxidation sites excluding steroid dienone is 5. The first-order chi connectivity index (χ1) is 30.5. The number of nitrogens with zero attached hydrogens (tertiary/aromatic N) is 4. The molecule has 16 heteroatoms. The predicted molar refractivity (Wildman–Crippen MR) is 244 cm³/mol. The van der Waals surface area contributed by atoms with Crippen molar-refractivity contribution >= 4 is 23.6 Å². The van der Waals surface area contributed by atoms with E-state index in [1.165, 1.54) is 0 Å². The molecule has 0 aromatic carbocycles. The second-order valence-corrected chi connectivity index (χ2v) is 18.9. The number of primary amides is 1. The lowest BCUT2D eigenvalue weighted by molar-refractivity contribution is -0.159. The van der Waals surface area contributed by atoms with Gasteiger partial charge in [-0.3, -0.25) is 14.4 Å². The standard InChI is InChI=1S/C48H76N6O10/c1-29-13-8-7-9-14-30(2)41(61-6)26-37-16-12-17-40(63-37)45(57)47(59)54-22-11-10-15-35(54)28-62-42(38(49)25-34-18-20-36(21-19-34)64-48(50)60)27-39(52-53-51)31(3)24-33(5)44(56)46(58)43(55)32(4)23-29/h7-9,13-14,24,29,31-32,34-42,44,46,56,58H,10-12,15-23,25-28,49H2,1-6H3,(H2,50,60)/b9-7?,13-8+,30-14?,33-24+/t29-,31?,32-,34?,35+,36?,37+,38-,39?,40?,41+,42+,44-,46+/m1/s1. The lowest BCUT2D eigenvalue weighted by Gasteiger charge is -2.39. The van der Waals surface area contributed by atoms with Crippen LogP contribution in [0, 0.1) is 23.7 Å². The third-order valence-electron chi connectivity index (χ3n) is 13.8. The molecule has 0 aromatic rings. The fraction of sp³-hybridized carbons (Fsp3) is 0.750. The molecule has 12 atom stereocenters. The van der Waals surface area contributed by atoms with E-state index in [2.05, 4.69) is 10.0 Å². The maximum absolute atomic E-state index is 14.1. The quantitative estimate of drug-likeness (QED) is 0.0717. The van der Waals surface area contributed by atoms with Gasteiger partial charge in [0, 0.05) is 43.0 Å². The number of carbonyl (C=O) groups excluding carboxylic acids is 4. The van der Waals surface area contributed by atoms with Crippen molar-refractivity contribution in [2.75, 3.05) is 20.3 Å². The summed E-state index contributed by atoms with van der Waals surface area (Å²) in [4.78, 5) is 57.6. The molecule has 3 unspecified atom stereocenters. The van der Waals surface area contributed by atoms with Gasteiger partial charge in [-0.05, 0) is 132 Å². The van der Waals surface area contributed by atoms with Crippen LogP contribution < -0.4 is 11.5 Å². The Morgan fingerprint density at radius 2 is 1.69 bits per heavy atom. The van der Waals surface area contributed by atoms with E-state index in [1.54, 1.807) is 31.9 Å². The Labute approximate surface area is 379 Å². The molecule has 0 spiro atoms. The molecule has 2 amide bonds. The molecule has 64 heavy (non-hydrogen) atoms. The van der Waals surface area contributed by atoms with Gasteiger partial charge in [0.1, 0.15) is 24.4 Å². The summed E-state index contributed by atoms with van der Waals surface area (Å²) in [5.41, 5.74) is 23.3. The monoisotopic (exact) mass is 897 g/mol. The van der Waals surface area contributed by atoms with Crippen molar-refractivity contribution in [3.05, 3.63) is 58.0 Å². The Morgan fingerprint density at radius 1 is 0.953 bits per heavy atom. The summed E-state index contributed by atoms with van der Waals surface area (Å²) in [6, 6.07) is -1.62. The minimum absolute atomic E-state index is 0.00111. The van der Waals surface area contributed by atoms with Crippen LogP contribution in [0.3, 0.4) is 0 Å². The number of Topliss-reactive ketones (excluding diaryl/α,β-unsaturated/α-hetero) is 2. The average molecular weight is 897 g/mol. The summed E-state index contributed by atoms with van der Waals surface area (Å²) in [6.45, 7) is 9.67. The van der Waals surface area contributed by atoms with Gasteiger partial charge < -0.3 is 45.5 Å². The van der Waals surface area contributed by atoms with Crippen LogP contribution in [0.5, 0.6) is 0 Å². The Balaban J connectivity index is 1.64. The van der Waals surface area contributed by atoms with E-state index in [0.29, 0.717) is 57.1 Å². The number of aliphatic hydroxyl groups excluding tert-OH is 2. The Kier molecular flexibility index (Phi) is 21.7. The van der Waals surface area contributed by atoms with Crippen molar-refractivity contribution in [2.45, 2.75) is 185 Å². The van der Waals surface area contributed by atoms with E-state index in [9.17, 15) is 34.9 Å². The molecule has 0 radical (unpaired) electrons. The van der Waals surface area contributed by atoms with E-state index >= 15 is 0 Å². The van der Waals surface area contributed by atoms with Gasteiger partial charge in [-0.15, -0.1) is 0 Å². The highest BCUT2D eigenvalue weighted by Gasteiger charge is 2.39. The predicted octanol–water partition coefficient (Wildman–Crippen LogP) is 6.71. The molecular formula is C48H76N6O10. The molecule has 2 bridgehead atoms. The summed E-state index contributed by atoms with van der Waals surface area (Å²) < 4.78 is 24.1. The number of hydrogen-bond donors (Lipinski definition) is 4. The van der Waals surface area contributed by atoms with Gasteiger partial charge in [0.25, 0.3) is 5.91 Å². The van der Waals surface area contributed by atoms with E-state index in [0.717, 1.165) is 44.1 Å². The molecule has 4 rings (SSSR count). The zero-order valence-electron chi connectivity index (χ0n) is 39.0. The zero-order valence-corrected chi connectivity index (χ0v) is 39.0. The Morgan fingerprint density at radius 3 is 2.38 bits per heavy atom. The van der Waals surface area contributed by atoms with Crippen molar-refractivity contribution in [1.82, 2.24) is 4.90 Å². The third-order valence-corrected chi connectivity index (χ3v) is 13.8. The van der Waals surface area contributed by atoms with Gasteiger partial charge in [-0.1, -0.05) is 62.3 Å². The van der Waals surface area contributed by atoms with Gasteiger partial charge in [0.2, 0.25) is 5.78 Å². The molecule has 358 valence electrons. The number of carbonyl (C=O) groups is 4. The topological polar surface area (TPSA) is 250 Å². The van der Waals surface area contributed by atoms with E-state index < -0.39 is 77.9 Å². The Bertz CT molecular complexity index is 1720. The highest BCUT2D eigenvalue weighted by atomic mass is 16.6. The largest absolute Gasteiger partial charge is 0.446 e. The van der Waals surface area contributed by atoms with Crippen LogP contribution in [-0.2, 0) is 33.3 Å². The van der Waals surface area contributed by atoms with Crippen LogP contribution in [0.25, 0.3) is 10.4 Å². The fourth-order valence-corrected chi connectivity index (χ4v) is 9.86. The molecular weight excluding hydrogens is 821 g/mol. The number of piperidine rings is 1. The van der Waals surface area contributed by atoms with Crippen molar-refractivity contribution in [3.63, 3.8) is 0 Å². The van der Waals surface area contributed by atoms with Crippen LogP contribution in [0.1, 0.15) is 125 Å². The van der Waals surface area contributed by atoms with Crippen molar-refractivity contribution in [3.8, 4) is 0 Å². The van der Waals surface area contributed by atoms with Crippen molar-refractivity contribution in [2.24, 2.45) is 40.3 Å². The van der Waals surface area contributed by atoms with Crippen LogP contribution in [0.4, 0.5) is 4.79 Å². The zero-order chi connectivity index (χ0) is 46.9. The van der Waals surface area contributed by atoms with Crippen LogP contribution in [0.2, 0.25) is 0 Å². The number of fused-ring (bicyclic) bond motifs is 3. The van der Waals surface area contributed by atoms with Crippen molar-refractivity contribution in [1.29, 1.82) is 0 Å². The highest BCUT2D eigenvalue weighted by molar-refractivity contribution is 6.37. The molecule has 2 saturated heterocycles. The molecule has 4 aliphatic rings. The van der Waals surface area contributed by atoms with Crippen LogP contribution >= 0.6 is 0 Å². The number of aliphatic hydroxyl groups is 2. The number of nitrogens with two attached hydrogens (primary N) is 2. The number of amides is 2. The van der Waals surface area contributed by atoms with Crippen LogP contribution in [0.15, 0.2) is 52.7 Å². The number of rotatable bonds is 6. The summed E-state index contributed by atoms with van der Waals surface area (Å²) in [5.74, 6) is -2.41. The molecule has 16 nitrogen and oxygen atoms in total. The maximum atomic E-state index is 14.1. The lowest BCUT2D eigenvalue weighted by Crippen LogP contribution is -2.53. The molecule has 3 heterocycles. The Hall–Kier alpha value is -3.89. The smallest absolute Gasteiger partial charge is 0.404 e. The third kappa shape index (κ3) is 15.9. The van der Waals surface area contributed by atoms with Gasteiger partial charge in [0.05, 0.1) is 31.0 Å². The van der Waals surface area contributed by atoms with Gasteiger partial charge in [-0.2, -0.15) is 0 Å². The minimum atomic E-state index is -1.66.